The number of nitrogens with two attached hydrogens (primary N) is 1. The van der Waals surface area contributed by atoms with Gasteiger partial charge in [-0.1, -0.05) is 36.4 Å². The third-order valence-corrected chi connectivity index (χ3v) is 9.21. The number of hydrogen-bond acceptors (Lipinski definition) is 8. The van der Waals surface area contributed by atoms with Gasteiger partial charge in [-0.25, -0.2) is 4.98 Å². The lowest BCUT2D eigenvalue weighted by molar-refractivity contribution is -0.116. The molecule has 0 spiro atoms. The minimum Gasteiger partial charge on any atom is -0.398 e. The Morgan fingerprint density at radius 3 is 2.37 bits per heavy atom. The second kappa shape index (κ2) is 13.4. The average molecular weight is 624 g/mol. The first-order valence-electron chi connectivity index (χ1n) is 15.8. The van der Waals surface area contributed by atoms with Crippen molar-refractivity contribution in [2.24, 2.45) is 0 Å². The fraction of sp³-hybridized carbons (Fsp3) is 0.371. The van der Waals surface area contributed by atoms with Gasteiger partial charge in [0.25, 0.3) is 11.5 Å². The average Bonchev–Trinajstić information content (AvgIpc) is 3.06. The van der Waals surface area contributed by atoms with Crippen LogP contribution in [-0.4, -0.2) is 99.6 Å². The quantitative estimate of drug-likeness (QED) is 0.255. The van der Waals surface area contributed by atoms with Crippen LogP contribution in [0.3, 0.4) is 0 Å². The number of rotatable bonds is 8. The van der Waals surface area contributed by atoms with Crippen LogP contribution < -0.4 is 16.6 Å². The number of hydrogen-bond donors (Lipinski definition) is 3. The van der Waals surface area contributed by atoms with Crippen LogP contribution in [0.2, 0.25) is 0 Å². The Balaban J connectivity index is 1.07. The zero-order valence-electron chi connectivity index (χ0n) is 26.2. The normalized spacial score (nSPS) is 17.2. The lowest BCUT2D eigenvalue weighted by Gasteiger charge is -2.38. The molecule has 1 aromatic heterocycles. The molecule has 0 radical (unpaired) electrons. The van der Waals surface area contributed by atoms with E-state index in [1.165, 1.54) is 10.9 Å². The molecule has 2 aliphatic heterocycles. The van der Waals surface area contributed by atoms with E-state index >= 15 is 0 Å². The molecule has 2 fully saturated rings. The van der Waals surface area contributed by atoms with E-state index in [1.807, 2.05) is 42.5 Å². The molecule has 2 amide bonds. The summed E-state index contributed by atoms with van der Waals surface area (Å²) in [6.45, 7) is 5.40. The number of benzene rings is 3. The Labute approximate surface area is 268 Å². The van der Waals surface area contributed by atoms with E-state index < -0.39 is 5.60 Å². The maximum absolute atomic E-state index is 13.6. The molecular weight excluding hydrogens is 582 g/mol. The number of nitrogen functional groups attached to an aromatic ring is 1. The van der Waals surface area contributed by atoms with Gasteiger partial charge in [-0.2, -0.15) is 0 Å². The van der Waals surface area contributed by atoms with Crippen LogP contribution in [0.15, 0.2) is 77.9 Å². The third kappa shape index (κ3) is 6.96. The molecule has 3 heterocycles. The summed E-state index contributed by atoms with van der Waals surface area (Å²) in [7, 11) is 2.10. The zero-order chi connectivity index (χ0) is 32.3. The largest absolute Gasteiger partial charge is 0.398 e. The van der Waals surface area contributed by atoms with Crippen molar-refractivity contribution >= 4 is 34.1 Å². The maximum Gasteiger partial charge on any atom is 0.261 e. The number of aromatic nitrogens is 2. The van der Waals surface area contributed by atoms with E-state index in [0.717, 1.165) is 37.3 Å². The molecular formula is C35H41N7O4. The van der Waals surface area contributed by atoms with Gasteiger partial charge in [-0.05, 0) is 55.8 Å². The van der Waals surface area contributed by atoms with E-state index in [-0.39, 0.29) is 23.9 Å². The number of likely N-dealkylation sites (tertiary alicyclic amines) is 1. The zero-order valence-corrected chi connectivity index (χ0v) is 26.2. The predicted octanol–water partition coefficient (Wildman–Crippen LogP) is 2.89. The third-order valence-electron chi connectivity index (χ3n) is 9.21. The first-order valence-corrected chi connectivity index (χ1v) is 15.8. The van der Waals surface area contributed by atoms with Crippen LogP contribution in [0, 0.1) is 0 Å². The number of aliphatic hydroxyl groups is 1. The molecule has 11 nitrogen and oxygen atoms in total. The van der Waals surface area contributed by atoms with Crippen LogP contribution in [0.25, 0.3) is 22.0 Å². The number of likely N-dealkylation sites (N-methyl/N-ethyl adjacent to an activating group) is 1. The van der Waals surface area contributed by atoms with Crippen molar-refractivity contribution in [2.45, 2.75) is 31.4 Å². The van der Waals surface area contributed by atoms with Crippen molar-refractivity contribution in [3.8, 4) is 11.1 Å². The molecule has 2 aliphatic rings. The fourth-order valence-electron chi connectivity index (χ4n) is 6.32. The Kier molecular flexibility index (Phi) is 9.16. The first-order chi connectivity index (χ1) is 22.2. The predicted molar refractivity (Wildman–Crippen MR) is 180 cm³/mol. The first kappa shape index (κ1) is 31.4. The van der Waals surface area contributed by atoms with Crippen LogP contribution >= 0.6 is 0 Å². The van der Waals surface area contributed by atoms with Gasteiger partial charge in [-0.3, -0.25) is 19.0 Å². The summed E-state index contributed by atoms with van der Waals surface area (Å²) in [5, 5.41) is 14.8. The number of carbonyl (C=O) groups excluding carboxylic acids is 2. The summed E-state index contributed by atoms with van der Waals surface area (Å²) in [4.78, 5) is 50.4. The van der Waals surface area contributed by atoms with Gasteiger partial charge in [0.15, 0.2) is 0 Å². The highest BCUT2D eigenvalue weighted by Gasteiger charge is 2.35. The van der Waals surface area contributed by atoms with Gasteiger partial charge >= 0.3 is 0 Å². The smallest absolute Gasteiger partial charge is 0.261 e. The van der Waals surface area contributed by atoms with E-state index in [2.05, 4.69) is 27.1 Å². The van der Waals surface area contributed by atoms with E-state index in [1.54, 1.807) is 29.2 Å². The molecule has 0 aliphatic carbocycles. The number of amides is 2. The minimum atomic E-state index is -1.17. The van der Waals surface area contributed by atoms with Gasteiger partial charge in [-0.15, -0.1) is 0 Å². The van der Waals surface area contributed by atoms with Crippen LogP contribution in [0.4, 0.5) is 11.4 Å². The second-order valence-electron chi connectivity index (χ2n) is 12.5. The molecule has 2 saturated heterocycles. The molecule has 6 rings (SSSR count). The molecule has 240 valence electrons. The van der Waals surface area contributed by atoms with Crippen molar-refractivity contribution in [1.82, 2.24) is 24.3 Å². The molecule has 0 unspecified atom stereocenters. The Bertz CT molecular complexity index is 1790. The molecule has 46 heavy (non-hydrogen) atoms. The molecule has 11 heteroatoms. The highest BCUT2D eigenvalue weighted by molar-refractivity contribution is 6.02. The van der Waals surface area contributed by atoms with Gasteiger partial charge in [0.1, 0.15) is 0 Å². The number of nitrogens with one attached hydrogen (secondary N) is 1. The van der Waals surface area contributed by atoms with Gasteiger partial charge in [0, 0.05) is 74.7 Å². The highest BCUT2D eigenvalue weighted by Crippen LogP contribution is 2.31. The number of nitrogens with zero attached hydrogens (tertiary/aromatic N) is 5. The Morgan fingerprint density at radius 1 is 0.935 bits per heavy atom. The lowest BCUT2D eigenvalue weighted by Crippen LogP contribution is -2.49. The van der Waals surface area contributed by atoms with Gasteiger partial charge in [0.05, 0.1) is 29.4 Å². The van der Waals surface area contributed by atoms with Crippen molar-refractivity contribution in [3.63, 3.8) is 0 Å². The summed E-state index contributed by atoms with van der Waals surface area (Å²) in [6.07, 6.45) is 2.47. The van der Waals surface area contributed by atoms with Crippen LogP contribution in [0.1, 0.15) is 29.6 Å². The number of piperidine rings is 1. The molecule has 4 aromatic rings. The molecule has 4 N–H and O–H groups in total. The van der Waals surface area contributed by atoms with E-state index in [9.17, 15) is 19.5 Å². The van der Waals surface area contributed by atoms with Crippen molar-refractivity contribution in [3.05, 3.63) is 89.0 Å². The summed E-state index contributed by atoms with van der Waals surface area (Å²) < 4.78 is 1.43. The van der Waals surface area contributed by atoms with Crippen molar-refractivity contribution in [2.75, 3.05) is 63.9 Å². The standard InChI is InChI=1S/C35H41N7O4/c1-39-18-20-40(21-19-39)15-12-32(43)38-25-10-11-29-31(22-25)37-24-42(34(29)45)23-35(46)13-16-41(17-14-35)33(44)28-8-3-2-6-26(28)27-7-4-5-9-30(27)36/h2-11,22,24,46H,12-21,23,36H2,1H3,(H,38,43). The number of piperazine rings is 1. The summed E-state index contributed by atoms with van der Waals surface area (Å²) in [5.74, 6) is -0.195. The number of fused-ring (bicyclic) bond motifs is 1. The number of carbonyl (C=O) groups is 2. The van der Waals surface area contributed by atoms with Crippen molar-refractivity contribution < 1.29 is 14.7 Å². The number of anilines is 2. The monoisotopic (exact) mass is 623 g/mol. The lowest BCUT2D eigenvalue weighted by atomic mass is 9.90. The topological polar surface area (TPSA) is 137 Å². The summed E-state index contributed by atoms with van der Waals surface area (Å²) >= 11 is 0. The minimum absolute atomic E-state index is 0.0682. The van der Waals surface area contributed by atoms with E-state index in [0.29, 0.717) is 66.7 Å². The van der Waals surface area contributed by atoms with Crippen LogP contribution in [0.5, 0.6) is 0 Å². The Morgan fingerprint density at radius 2 is 1.63 bits per heavy atom. The maximum atomic E-state index is 13.6. The summed E-state index contributed by atoms with van der Waals surface area (Å²) in [5.41, 5.74) is 8.58. The summed E-state index contributed by atoms with van der Waals surface area (Å²) in [6, 6.07) is 20.0. The van der Waals surface area contributed by atoms with Gasteiger partial charge in [0.2, 0.25) is 5.91 Å². The second-order valence-corrected chi connectivity index (χ2v) is 12.5. The van der Waals surface area contributed by atoms with E-state index in [4.69, 9.17) is 5.73 Å². The van der Waals surface area contributed by atoms with Crippen molar-refractivity contribution in [1.29, 1.82) is 0 Å². The Hall–Kier alpha value is -4.58. The molecule has 0 atom stereocenters. The molecule has 0 bridgehead atoms. The van der Waals surface area contributed by atoms with Crippen LogP contribution in [-0.2, 0) is 11.3 Å². The highest BCUT2D eigenvalue weighted by atomic mass is 16.3. The fourth-order valence-corrected chi connectivity index (χ4v) is 6.32. The molecule has 3 aromatic carbocycles. The van der Waals surface area contributed by atoms with Gasteiger partial charge < -0.3 is 30.9 Å². The molecule has 0 saturated carbocycles. The number of para-hydroxylation sites is 1. The SMILES string of the molecule is CN1CCN(CCC(=O)Nc2ccc3c(=O)n(CC4(O)CCN(C(=O)c5ccccc5-c5ccccc5N)CC4)cnc3c2)CC1.